The van der Waals surface area contributed by atoms with Gasteiger partial charge in [-0.15, -0.1) is 0 Å². The van der Waals surface area contributed by atoms with Gasteiger partial charge in [0.1, 0.15) is 18.7 Å². The molecule has 0 heterocycles. The Balaban J connectivity index is 2.13. The van der Waals surface area contributed by atoms with E-state index in [9.17, 15) is 38.7 Å². The lowest BCUT2D eigenvalue weighted by Crippen LogP contribution is -2.45. The van der Waals surface area contributed by atoms with Crippen LogP contribution in [0.3, 0.4) is 0 Å². The van der Waals surface area contributed by atoms with Crippen molar-refractivity contribution in [3.63, 3.8) is 0 Å². The number of rotatable bonds is 25. The molecule has 1 aromatic rings. The Morgan fingerprint density at radius 2 is 1.37 bits per heavy atom. The minimum absolute atomic E-state index is 0.0583. The highest BCUT2D eigenvalue weighted by Gasteiger charge is 2.21. The summed E-state index contributed by atoms with van der Waals surface area (Å²) in [7, 11) is 0. The molecule has 2 unspecified atom stereocenters. The summed E-state index contributed by atoms with van der Waals surface area (Å²) < 4.78 is 10.5. The van der Waals surface area contributed by atoms with E-state index in [2.05, 4.69) is 21.3 Å². The molecule has 5 amide bonds. The number of anilines is 1. The number of carboxylic acid groups (broad SMARTS) is 2. The van der Waals surface area contributed by atoms with Gasteiger partial charge in [-0.25, -0.2) is 4.79 Å². The fourth-order valence-electron chi connectivity index (χ4n) is 3.87. The first kappa shape index (κ1) is 39.3. The van der Waals surface area contributed by atoms with Gasteiger partial charge in [0.2, 0.25) is 23.6 Å². The smallest absolute Gasteiger partial charge is 0.326 e. The van der Waals surface area contributed by atoms with E-state index in [1.54, 1.807) is 24.3 Å². The number of ether oxygens (including phenoxy) is 2. The molecule has 0 spiro atoms. The molecule has 0 aliphatic rings. The number of primary amides is 1. The Hall–Kier alpha value is -4.77. The summed E-state index contributed by atoms with van der Waals surface area (Å²) in [6, 6.07) is 4.31. The van der Waals surface area contributed by atoms with Crippen LogP contribution in [0, 0.1) is 0 Å². The number of carbonyl (C=O) groups is 7. The van der Waals surface area contributed by atoms with Gasteiger partial charge in [-0.2, -0.15) is 0 Å². The van der Waals surface area contributed by atoms with Crippen LogP contribution in [-0.4, -0.2) is 103 Å². The second-order valence-corrected chi connectivity index (χ2v) is 10.2. The van der Waals surface area contributed by atoms with Crippen molar-refractivity contribution in [2.45, 2.75) is 63.5 Å². The molecule has 46 heavy (non-hydrogen) atoms. The first-order chi connectivity index (χ1) is 21.9. The Kier molecular flexibility index (Phi) is 19.4. The van der Waals surface area contributed by atoms with E-state index in [-0.39, 0.29) is 77.4 Å². The average molecular weight is 653 g/mol. The number of hydrogen-bond acceptors (Lipinski definition) is 10. The van der Waals surface area contributed by atoms with Crippen molar-refractivity contribution < 1.29 is 53.2 Å². The molecule has 10 N–H and O–H groups in total. The van der Waals surface area contributed by atoms with Gasteiger partial charge in [0.05, 0.1) is 19.8 Å². The van der Waals surface area contributed by atoms with Crippen molar-refractivity contribution in [1.29, 1.82) is 0 Å². The molecule has 0 radical (unpaired) electrons. The van der Waals surface area contributed by atoms with Gasteiger partial charge in [-0.05, 0) is 56.4 Å². The molecule has 0 saturated carbocycles. The maximum Gasteiger partial charge on any atom is 0.326 e. The molecule has 0 saturated heterocycles. The highest BCUT2D eigenvalue weighted by molar-refractivity contribution is 5.94. The van der Waals surface area contributed by atoms with E-state index >= 15 is 0 Å². The van der Waals surface area contributed by atoms with Crippen LogP contribution in [0.5, 0.6) is 0 Å². The number of nitrogens with two attached hydrogens (primary N) is 2. The monoisotopic (exact) mass is 652 g/mol. The molecule has 17 nitrogen and oxygen atoms in total. The molecule has 1 rings (SSSR count). The number of nitrogens with one attached hydrogen (secondary N) is 4. The predicted molar refractivity (Wildman–Crippen MR) is 163 cm³/mol. The highest BCUT2D eigenvalue weighted by atomic mass is 16.5. The summed E-state index contributed by atoms with van der Waals surface area (Å²) in [5, 5.41) is 27.9. The van der Waals surface area contributed by atoms with Crippen LogP contribution < -0.4 is 32.7 Å². The van der Waals surface area contributed by atoms with Gasteiger partial charge in [-0.1, -0.05) is 0 Å². The number of unbranched alkanes of at least 4 members (excludes halogenated alkanes) is 1. The zero-order valence-corrected chi connectivity index (χ0v) is 25.6. The minimum Gasteiger partial charge on any atom is -0.481 e. The molecular formula is C29H44N6O11. The normalized spacial score (nSPS) is 11.9. The molecule has 1 aromatic carbocycles. The van der Waals surface area contributed by atoms with Crippen LogP contribution in [0.1, 0.15) is 61.7 Å². The molecule has 2 atom stereocenters. The Labute approximate surface area is 266 Å². The second kappa shape index (κ2) is 22.7. The third-order valence-electron chi connectivity index (χ3n) is 6.32. The molecule has 0 fully saturated rings. The number of hydrogen-bond donors (Lipinski definition) is 8. The SMILES string of the molecule is NC(=O)C(CCCCNC(=O)c1ccc(N)cc1)NC(=O)COCCOCCNC(=O)CCC(NC(=O)CCCC(=O)O)C(=O)O. The number of nitrogen functional groups attached to an aromatic ring is 1. The van der Waals surface area contributed by atoms with Crippen LogP contribution in [0.2, 0.25) is 0 Å². The summed E-state index contributed by atoms with van der Waals surface area (Å²) in [5.74, 6) is -4.91. The summed E-state index contributed by atoms with van der Waals surface area (Å²) >= 11 is 0. The van der Waals surface area contributed by atoms with Crippen molar-refractivity contribution in [2.24, 2.45) is 5.73 Å². The molecule has 256 valence electrons. The second-order valence-electron chi connectivity index (χ2n) is 10.2. The zero-order valence-electron chi connectivity index (χ0n) is 25.6. The van der Waals surface area contributed by atoms with Crippen molar-refractivity contribution >= 4 is 47.2 Å². The third-order valence-corrected chi connectivity index (χ3v) is 6.32. The first-order valence-corrected chi connectivity index (χ1v) is 14.8. The molecule has 0 aromatic heterocycles. The molecule has 17 heteroatoms. The third kappa shape index (κ3) is 18.8. The molecule has 0 aliphatic carbocycles. The van der Waals surface area contributed by atoms with Crippen molar-refractivity contribution in [2.75, 3.05) is 45.3 Å². The van der Waals surface area contributed by atoms with Gasteiger partial charge < -0.3 is 52.4 Å². The number of carboxylic acids is 2. The van der Waals surface area contributed by atoms with Gasteiger partial charge in [0.25, 0.3) is 5.91 Å². The number of carbonyl (C=O) groups excluding carboxylic acids is 5. The van der Waals surface area contributed by atoms with Crippen molar-refractivity contribution in [3.05, 3.63) is 29.8 Å². The summed E-state index contributed by atoms with van der Waals surface area (Å²) in [4.78, 5) is 81.5. The van der Waals surface area contributed by atoms with Crippen LogP contribution >= 0.6 is 0 Å². The van der Waals surface area contributed by atoms with Gasteiger partial charge in [0.15, 0.2) is 0 Å². The molecule has 0 aliphatic heterocycles. The van der Waals surface area contributed by atoms with Crippen LogP contribution in [0.4, 0.5) is 5.69 Å². The summed E-state index contributed by atoms with van der Waals surface area (Å²) in [6.45, 7) is 0.460. The lowest BCUT2D eigenvalue weighted by atomic mass is 10.1. The first-order valence-electron chi connectivity index (χ1n) is 14.8. The highest BCUT2D eigenvalue weighted by Crippen LogP contribution is 2.06. The van der Waals surface area contributed by atoms with Gasteiger partial charge >= 0.3 is 11.9 Å². The average Bonchev–Trinajstić information content (AvgIpc) is 2.99. The van der Waals surface area contributed by atoms with Crippen LogP contribution in [-0.2, 0) is 38.2 Å². The summed E-state index contributed by atoms with van der Waals surface area (Å²) in [5.41, 5.74) is 12.0. The van der Waals surface area contributed by atoms with Crippen LogP contribution in [0.15, 0.2) is 24.3 Å². The lowest BCUT2D eigenvalue weighted by molar-refractivity contribution is -0.142. The maximum absolute atomic E-state index is 12.1. The van der Waals surface area contributed by atoms with Crippen molar-refractivity contribution in [1.82, 2.24) is 21.3 Å². The molecule has 0 bridgehead atoms. The van der Waals surface area contributed by atoms with E-state index in [0.717, 1.165) is 0 Å². The fraction of sp³-hybridized carbons (Fsp3) is 0.552. The van der Waals surface area contributed by atoms with Crippen molar-refractivity contribution in [3.8, 4) is 0 Å². The summed E-state index contributed by atoms with van der Waals surface area (Å²) in [6.07, 6.45) is 0.766. The Bertz CT molecular complexity index is 1160. The Morgan fingerprint density at radius 1 is 0.696 bits per heavy atom. The minimum atomic E-state index is -1.31. The van der Waals surface area contributed by atoms with E-state index < -0.39 is 47.7 Å². The fourth-order valence-corrected chi connectivity index (χ4v) is 3.87. The maximum atomic E-state index is 12.1. The van der Waals surface area contributed by atoms with E-state index in [1.807, 2.05) is 0 Å². The largest absolute Gasteiger partial charge is 0.481 e. The number of aliphatic carboxylic acids is 2. The van der Waals surface area contributed by atoms with E-state index in [1.165, 1.54) is 0 Å². The van der Waals surface area contributed by atoms with Gasteiger partial charge in [-0.3, -0.25) is 28.8 Å². The standard InChI is InChI=1S/C29H44N6O11/c30-20-9-7-19(8-10-20)28(42)33-13-2-1-4-21(27(31)41)34-25(38)18-46-17-16-45-15-14-32-23(36)12-11-22(29(43)44)35-24(37)5-3-6-26(39)40/h7-10,21-22H,1-6,11-18,30H2,(H2,31,41)(H,32,36)(H,33,42)(H,34,38)(H,35,37)(H,39,40)(H,43,44). The number of benzene rings is 1. The predicted octanol–water partition coefficient (Wildman–Crippen LogP) is -1.11. The topological polar surface area (TPSA) is 279 Å². The number of amides is 5. The van der Waals surface area contributed by atoms with Crippen LogP contribution in [0.25, 0.3) is 0 Å². The lowest BCUT2D eigenvalue weighted by Gasteiger charge is -2.15. The Morgan fingerprint density at radius 3 is 2.02 bits per heavy atom. The molecular weight excluding hydrogens is 608 g/mol. The van der Waals surface area contributed by atoms with E-state index in [4.69, 9.17) is 26.0 Å². The van der Waals surface area contributed by atoms with E-state index in [0.29, 0.717) is 30.6 Å². The van der Waals surface area contributed by atoms with Gasteiger partial charge in [0, 0.05) is 43.6 Å². The zero-order chi connectivity index (χ0) is 34.3. The quantitative estimate of drug-likeness (QED) is 0.0461.